The number of carbonyl (C=O) groups is 2. The Labute approximate surface area is 188 Å². The van der Waals surface area contributed by atoms with Gasteiger partial charge in [0, 0.05) is 11.6 Å². The summed E-state index contributed by atoms with van der Waals surface area (Å²) in [6, 6.07) is 9.97. The normalized spacial score (nSPS) is 12.9. The lowest BCUT2D eigenvalue weighted by molar-refractivity contribution is -0.142. The molecular formula is C24H23F3N2O4. The summed E-state index contributed by atoms with van der Waals surface area (Å²) in [6.45, 7) is 4.96. The second-order valence-electron chi connectivity index (χ2n) is 8.61. The number of ether oxygens (including phenoxy) is 1. The third-order valence-electron chi connectivity index (χ3n) is 5.03. The van der Waals surface area contributed by atoms with Crippen LogP contribution in [0, 0.1) is 5.41 Å². The van der Waals surface area contributed by atoms with Gasteiger partial charge in [-0.15, -0.1) is 0 Å². The minimum atomic E-state index is -4.45. The van der Waals surface area contributed by atoms with Crippen molar-refractivity contribution in [1.29, 1.82) is 0 Å². The summed E-state index contributed by atoms with van der Waals surface area (Å²) in [5.74, 6) is -1.72. The second kappa shape index (κ2) is 9.09. The Balaban J connectivity index is 1.94. The van der Waals surface area contributed by atoms with Crippen molar-refractivity contribution in [1.82, 2.24) is 10.3 Å². The Morgan fingerprint density at radius 1 is 1.06 bits per heavy atom. The van der Waals surface area contributed by atoms with Gasteiger partial charge in [-0.05, 0) is 35.2 Å². The van der Waals surface area contributed by atoms with E-state index in [-0.39, 0.29) is 17.9 Å². The zero-order chi connectivity index (χ0) is 24.4. The molecule has 2 aromatic carbocycles. The van der Waals surface area contributed by atoms with Crippen molar-refractivity contribution in [2.75, 3.05) is 0 Å². The molecule has 6 nitrogen and oxygen atoms in total. The predicted octanol–water partition coefficient (Wildman–Crippen LogP) is 5.06. The van der Waals surface area contributed by atoms with Gasteiger partial charge < -0.3 is 15.2 Å². The van der Waals surface area contributed by atoms with Crippen molar-refractivity contribution in [3.8, 4) is 5.75 Å². The molecule has 0 aliphatic heterocycles. The minimum Gasteiger partial charge on any atom is -0.486 e. The number of hydrogen-bond donors (Lipinski definition) is 2. The number of benzene rings is 2. The first-order valence-corrected chi connectivity index (χ1v) is 10.1. The number of carbonyl (C=O) groups excluding carboxylic acids is 1. The zero-order valence-corrected chi connectivity index (χ0v) is 18.2. The second-order valence-corrected chi connectivity index (χ2v) is 8.61. The fourth-order valence-corrected chi connectivity index (χ4v) is 3.25. The molecule has 0 fully saturated rings. The van der Waals surface area contributed by atoms with E-state index in [9.17, 15) is 27.9 Å². The summed E-state index contributed by atoms with van der Waals surface area (Å²) < 4.78 is 44.3. The molecule has 174 valence electrons. The van der Waals surface area contributed by atoms with Crippen LogP contribution < -0.4 is 10.1 Å². The third kappa shape index (κ3) is 5.60. The molecule has 1 atom stereocenters. The fourth-order valence-electron chi connectivity index (χ4n) is 3.25. The maximum atomic E-state index is 13.0. The third-order valence-corrected chi connectivity index (χ3v) is 5.03. The quantitative estimate of drug-likeness (QED) is 0.537. The average Bonchev–Trinajstić information content (AvgIpc) is 2.74. The number of nitrogens with one attached hydrogen (secondary N) is 1. The van der Waals surface area contributed by atoms with Crippen molar-refractivity contribution in [3.63, 3.8) is 0 Å². The van der Waals surface area contributed by atoms with Crippen LogP contribution in [0.25, 0.3) is 10.9 Å². The molecule has 0 bridgehead atoms. The van der Waals surface area contributed by atoms with E-state index < -0.39 is 35.1 Å². The van der Waals surface area contributed by atoms with Gasteiger partial charge in [0.15, 0.2) is 5.75 Å². The van der Waals surface area contributed by atoms with Crippen molar-refractivity contribution in [2.45, 2.75) is 39.6 Å². The molecule has 0 aliphatic carbocycles. The molecule has 9 heteroatoms. The first kappa shape index (κ1) is 24.0. The number of halogens is 3. The van der Waals surface area contributed by atoms with Gasteiger partial charge >= 0.3 is 12.1 Å². The van der Waals surface area contributed by atoms with Gasteiger partial charge in [-0.2, -0.15) is 13.2 Å². The number of rotatable bonds is 6. The first-order valence-electron chi connectivity index (χ1n) is 10.1. The monoisotopic (exact) mass is 460 g/mol. The van der Waals surface area contributed by atoms with Gasteiger partial charge in [-0.25, -0.2) is 4.79 Å². The molecular weight excluding hydrogens is 437 g/mol. The summed E-state index contributed by atoms with van der Waals surface area (Å²) in [5.41, 5.74) is -0.624. The van der Waals surface area contributed by atoms with Crippen molar-refractivity contribution in [2.24, 2.45) is 5.41 Å². The molecule has 33 heavy (non-hydrogen) atoms. The molecule has 1 heterocycles. The van der Waals surface area contributed by atoms with Crippen LogP contribution in [-0.4, -0.2) is 28.0 Å². The van der Waals surface area contributed by atoms with Crippen LogP contribution in [0.15, 0.2) is 54.7 Å². The highest BCUT2D eigenvalue weighted by molar-refractivity contribution is 6.04. The van der Waals surface area contributed by atoms with E-state index in [2.05, 4.69) is 10.3 Å². The first-order chi connectivity index (χ1) is 15.4. The number of aromatic nitrogens is 1. The van der Waals surface area contributed by atoms with Gasteiger partial charge in [0.05, 0.1) is 11.1 Å². The lowest BCUT2D eigenvalue weighted by atomic mass is 9.86. The molecule has 0 saturated heterocycles. The van der Waals surface area contributed by atoms with Crippen LogP contribution in [0.5, 0.6) is 5.75 Å². The standard InChI is InChI=1S/C24H23F3N2O4/c1-23(2,3)20(22(31)32)29-21(30)17-11-8-15-5-4-12-28-18(15)19(17)33-13-14-6-9-16(10-7-14)24(25,26)27/h4-12,20H,13H2,1-3H3,(H,29,30)(H,31,32). The van der Waals surface area contributed by atoms with Crippen LogP contribution in [0.1, 0.15) is 42.3 Å². The maximum absolute atomic E-state index is 13.0. The van der Waals surface area contributed by atoms with Gasteiger partial charge in [0.25, 0.3) is 5.91 Å². The lowest BCUT2D eigenvalue weighted by Gasteiger charge is -2.28. The largest absolute Gasteiger partial charge is 0.486 e. The van der Waals surface area contributed by atoms with E-state index in [1.54, 1.807) is 39.0 Å². The van der Waals surface area contributed by atoms with E-state index in [0.29, 0.717) is 16.5 Å². The van der Waals surface area contributed by atoms with E-state index in [1.165, 1.54) is 24.4 Å². The molecule has 3 rings (SSSR count). The van der Waals surface area contributed by atoms with E-state index in [4.69, 9.17) is 4.74 Å². The maximum Gasteiger partial charge on any atom is 0.416 e. The van der Waals surface area contributed by atoms with Gasteiger partial charge in [0.1, 0.15) is 18.2 Å². The van der Waals surface area contributed by atoms with Crippen LogP contribution in [-0.2, 0) is 17.6 Å². The van der Waals surface area contributed by atoms with Gasteiger partial charge in [-0.1, -0.05) is 45.0 Å². The Morgan fingerprint density at radius 3 is 2.30 bits per heavy atom. The highest BCUT2D eigenvalue weighted by atomic mass is 19.4. The number of alkyl halides is 3. The van der Waals surface area contributed by atoms with Crippen LogP contribution in [0.4, 0.5) is 13.2 Å². The summed E-state index contributed by atoms with van der Waals surface area (Å²) in [7, 11) is 0. The Kier molecular flexibility index (Phi) is 6.62. The highest BCUT2D eigenvalue weighted by Gasteiger charge is 2.34. The van der Waals surface area contributed by atoms with Gasteiger partial charge in [-0.3, -0.25) is 9.78 Å². The molecule has 1 aromatic heterocycles. The molecule has 0 saturated carbocycles. The molecule has 0 spiro atoms. The Bertz CT molecular complexity index is 1170. The number of nitrogens with zero attached hydrogens (tertiary/aromatic N) is 1. The van der Waals surface area contributed by atoms with Gasteiger partial charge in [0.2, 0.25) is 0 Å². The Morgan fingerprint density at radius 2 is 1.73 bits per heavy atom. The topological polar surface area (TPSA) is 88.5 Å². The summed E-state index contributed by atoms with van der Waals surface area (Å²) in [4.78, 5) is 29.0. The molecule has 3 aromatic rings. The predicted molar refractivity (Wildman–Crippen MR) is 116 cm³/mol. The molecule has 1 unspecified atom stereocenters. The Hall–Kier alpha value is -3.62. The van der Waals surface area contributed by atoms with Crippen molar-refractivity contribution >= 4 is 22.8 Å². The number of carboxylic acid groups (broad SMARTS) is 1. The summed E-state index contributed by atoms with van der Waals surface area (Å²) in [6.07, 6.45) is -2.93. The van der Waals surface area contributed by atoms with Crippen LogP contribution >= 0.6 is 0 Å². The number of fused-ring (bicyclic) bond motifs is 1. The zero-order valence-electron chi connectivity index (χ0n) is 18.2. The minimum absolute atomic E-state index is 0.0728. The highest BCUT2D eigenvalue weighted by Crippen LogP contribution is 2.31. The van der Waals surface area contributed by atoms with Crippen molar-refractivity contribution in [3.05, 3.63) is 71.4 Å². The van der Waals surface area contributed by atoms with Crippen LogP contribution in [0.3, 0.4) is 0 Å². The number of amides is 1. The fraction of sp³-hybridized carbons (Fsp3) is 0.292. The van der Waals surface area contributed by atoms with Crippen LogP contribution in [0.2, 0.25) is 0 Å². The molecule has 0 radical (unpaired) electrons. The number of hydrogen-bond acceptors (Lipinski definition) is 4. The van der Waals surface area contributed by atoms with E-state index >= 15 is 0 Å². The smallest absolute Gasteiger partial charge is 0.416 e. The SMILES string of the molecule is CC(C)(C)C(NC(=O)c1ccc2cccnc2c1OCc1ccc(C(F)(F)F)cc1)C(=O)O. The van der Waals surface area contributed by atoms with Crippen molar-refractivity contribution < 1.29 is 32.6 Å². The van der Waals surface area contributed by atoms with E-state index in [0.717, 1.165) is 12.1 Å². The molecule has 2 N–H and O–H groups in total. The number of aliphatic carboxylic acids is 1. The molecule has 0 aliphatic rings. The number of pyridine rings is 1. The average molecular weight is 460 g/mol. The summed E-state index contributed by atoms with van der Waals surface area (Å²) >= 11 is 0. The lowest BCUT2D eigenvalue weighted by Crippen LogP contribution is -2.49. The van der Waals surface area contributed by atoms with E-state index in [1.807, 2.05) is 0 Å². The molecule has 1 amide bonds. The number of carboxylic acids is 1. The summed E-state index contributed by atoms with van der Waals surface area (Å²) in [5, 5.41) is 12.8.